The third kappa shape index (κ3) is 3.85. The van der Waals surface area contributed by atoms with E-state index in [4.69, 9.17) is 9.72 Å². The molecule has 2 aromatic carbocycles. The van der Waals surface area contributed by atoms with Gasteiger partial charge < -0.3 is 9.30 Å². The zero-order valence-electron chi connectivity index (χ0n) is 17.1. The summed E-state index contributed by atoms with van der Waals surface area (Å²) in [4.78, 5) is 23.5. The summed E-state index contributed by atoms with van der Waals surface area (Å²) in [6.45, 7) is 3.49. The van der Waals surface area contributed by atoms with Crippen molar-refractivity contribution >= 4 is 16.6 Å². The van der Waals surface area contributed by atoms with E-state index < -0.39 is 0 Å². The van der Waals surface area contributed by atoms with Gasteiger partial charge in [0, 0.05) is 49.2 Å². The first-order chi connectivity index (χ1) is 15.3. The first-order valence-corrected chi connectivity index (χ1v) is 10.4. The predicted octanol–water partition coefficient (Wildman–Crippen LogP) is 4.30. The molecule has 1 atom stereocenters. The van der Waals surface area contributed by atoms with E-state index in [1.54, 1.807) is 6.20 Å². The molecule has 1 saturated heterocycles. The van der Waals surface area contributed by atoms with E-state index >= 15 is 0 Å². The molecule has 4 aromatic rings. The molecule has 7 nitrogen and oxygen atoms in total. The van der Waals surface area contributed by atoms with E-state index in [9.17, 15) is 4.91 Å². The molecule has 0 N–H and O–H groups in total. The number of hydrogen-bond acceptors (Lipinski definition) is 6. The van der Waals surface area contributed by atoms with Crippen molar-refractivity contribution in [2.24, 2.45) is 5.18 Å². The number of pyridine rings is 1. The molecule has 0 aliphatic carbocycles. The van der Waals surface area contributed by atoms with Crippen LogP contribution in [0.2, 0.25) is 0 Å². The largest absolute Gasteiger partial charge is 0.379 e. The molecule has 0 radical (unpaired) electrons. The third-order valence-corrected chi connectivity index (χ3v) is 5.76. The molecule has 0 bridgehead atoms. The van der Waals surface area contributed by atoms with E-state index in [0.717, 1.165) is 29.9 Å². The fourth-order valence-electron chi connectivity index (χ4n) is 4.28. The molecule has 7 heteroatoms. The maximum atomic E-state index is 12.0. The van der Waals surface area contributed by atoms with Crippen LogP contribution in [0.3, 0.4) is 0 Å². The molecule has 1 fully saturated rings. The number of imidazole rings is 1. The van der Waals surface area contributed by atoms with E-state index in [1.165, 1.54) is 5.56 Å². The number of nitrogens with zero attached hydrogens (tertiary/aromatic N) is 5. The fourth-order valence-corrected chi connectivity index (χ4v) is 4.28. The molecule has 0 amide bonds. The summed E-state index contributed by atoms with van der Waals surface area (Å²) in [7, 11) is 0. The number of fused-ring (bicyclic) bond motifs is 1. The van der Waals surface area contributed by atoms with Crippen LogP contribution in [-0.2, 0) is 11.3 Å². The summed E-state index contributed by atoms with van der Waals surface area (Å²) in [5, 5.41) is 4.33. The van der Waals surface area contributed by atoms with Gasteiger partial charge in [-0.15, -0.1) is 4.91 Å². The molecular weight excluding hydrogens is 390 g/mol. The molecule has 0 saturated carbocycles. The van der Waals surface area contributed by atoms with Gasteiger partial charge in [0.1, 0.15) is 11.5 Å². The Bertz CT molecular complexity index is 1190. The average Bonchev–Trinajstić information content (AvgIpc) is 3.28. The topological polar surface area (TPSA) is 72.6 Å². The van der Waals surface area contributed by atoms with Crippen molar-refractivity contribution in [3.05, 3.63) is 95.0 Å². The maximum absolute atomic E-state index is 12.0. The number of rotatable bonds is 6. The summed E-state index contributed by atoms with van der Waals surface area (Å²) >= 11 is 0. The molecule has 3 heterocycles. The van der Waals surface area contributed by atoms with Gasteiger partial charge in [0.05, 0.1) is 24.8 Å². The van der Waals surface area contributed by atoms with Crippen LogP contribution >= 0.6 is 0 Å². The zero-order chi connectivity index (χ0) is 21.0. The molecule has 1 unspecified atom stereocenters. The quantitative estimate of drug-likeness (QED) is 0.441. The van der Waals surface area contributed by atoms with Gasteiger partial charge in [-0.25, -0.2) is 4.98 Å². The SMILES string of the molecule is O=Nc1c(C(c2nccn2Cc2ccccc2)N2CCOCC2)ccc2cccnc12. The Morgan fingerprint density at radius 3 is 2.61 bits per heavy atom. The lowest BCUT2D eigenvalue weighted by atomic mass is 9.99. The van der Waals surface area contributed by atoms with Gasteiger partial charge in [0.2, 0.25) is 0 Å². The summed E-state index contributed by atoms with van der Waals surface area (Å²) in [5.41, 5.74) is 3.01. The van der Waals surface area contributed by atoms with Gasteiger partial charge in [-0.3, -0.25) is 9.88 Å². The molecule has 1 aliphatic heterocycles. The first kappa shape index (κ1) is 19.5. The predicted molar refractivity (Wildman–Crippen MR) is 119 cm³/mol. The Labute approximate surface area is 180 Å². The summed E-state index contributed by atoms with van der Waals surface area (Å²) < 4.78 is 7.73. The number of benzene rings is 2. The second-order valence-corrected chi connectivity index (χ2v) is 7.62. The van der Waals surface area contributed by atoms with Crippen LogP contribution in [0.4, 0.5) is 5.69 Å². The second-order valence-electron chi connectivity index (χ2n) is 7.62. The van der Waals surface area contributed by atoms with Crippen molar-refractivity contribution in [3.63, 3.8) is 0 Å². The smallest absolute Gasteiger partial charge is 0.139 e. The Hall–Kier alpha value is -3.42. The highest BCUT2D eigenvalue weighted by molar-refractivity contribution is 5.90. The van der Waals surface area contributed by atoms with Crippen LogP contribution in [0.15, 0.2) is 78.4 Å². The van der Waals surface area contributed by atoms with E-state index in [2.05, 4.69) is 31.8 Å². The Kier molecular flexibility index (Phi) is 5.52. The van der Waals surface area contributed by atoms with E-state index in [0.29, 0.717) is 31.0 Å². The minimum absolute atomic E-state index is 0.221. The number of nitroso groups, excluding NO2 is 1. The maximum Gasteiger partial charge on any atom is 0.139 e. The fraction of sp³-hybridized carbons (Fsp3) is 0.250. The number of morpholine rings is 1. The number of hydrogen-bond donors (Lipinski definition) is 0. The summed E-state index contributed by atoms with van der Waals surface area (Å²) in [6.07, 6.45) is 5.50. The summed E-state index contributed by atoms with van der Waals surface area (Å²) in [6, 6.07) is 17.9. The highest BCUT2D eigenvalue weighted by Crippen LogP contribution is 2.38. The van der Waals surface area contributed by atoms with Crippen molar-refractivity contribution < 1.29 is 4.74 Å². The van der Waals surface area contributed by atoms with Gasteiger partial charge in [-0.05, 0) is 16.8 Å². The molecule has 31 heavy (non-hydrogen) atoms. The lowest BCUT2D eigenvalue weighted by Crippen LogP contribution is -2.40. The average molecular weight is 413 g/mol. The molecule has 156 valence electrons. The second kappa shape index (κ2) is 8.75. The third-order valence-electron chi connectivity index (χ3n) is 5.76. The van der Waals surface area contributed by atoms with Gasteiger partial charge in [0.15, 0.2) is 0 Å². The van der Waals surface area contributed by atoms with Gasteiger partial charge in [-0.2, -0.15) is 0 Å². The molecule has 1 aliphatic rings. The van der Waals surface area contributed by atoms with Gasteiger partial charge in [-0.1, -0.05) is 48.5 Å². The molecular formula is C24H23N5O2. The first-order valence-electron chi connectivity index (χ1n) is 10.4. The lowest BCUT2D eigenvalue weighted by Gasteiger charge is -2.35. The van der Waals surface area contributed by atoms with Crippen LogP contribution in [0.1, 0.15) is 23.0 Å². The molecule has 2 aromatic heterocycles. The molecule has 5 rings (SSSR count). The minimum Gasteiger partial charge on any atom is -0.379 e. The zero-order valence-corrected chi connectivity index (χ0v) is 17.1. The summed E-state index contributed by atoms with van der Waals surface area (Å²) in [5.74, 6) is 0.880. The number of aromatic nitrogens is 3. The Balaban J connectivity index is 1.64. The van der Waals surface area contributed by atoms with Crippen molar-refractivity contribution in [3.8, 4) is 0 Å². The van der Waals surface area contributed by atoms with Crippen LogP contribution in [0.25, 0.3) is 10.9 Å². The van der Waals surface area contributed by atoms with E-state index in [1.807, 2.05) is 54.9 Å². The van der Waals surface area contributed by atoms with Gasteiger partial charge in [0.25, 0.3) is 0 Å². The van der Waals surface area contributed by atoms with Crippen LogP contribution < -0.4 is 0 Å². The Morgan fingerprint density at radius 1 is 0.968 bits per heavy atom. The molecule has 0 spiro atoms. The van der Waals surface area contributed by atoms with Gasteiger partial charge >= 0.3 is 0 Å². The van der Waals surface area contributed by atoms with Crippen LogP contribution in [-0.4, -0.2) is 45.7 Å². The standard InChI is InChI=1S/C24H23N5O2/c30-27-22-20(9-8-19-7-4-10-25-21(19)22)23(28-13-15-31-16-14-28)24-26-11-12-29(24)17-18-5-2-1-3-6-18/h1-12,23H,13-17H2. The normalized spacial score (nSPS) is 15.7. The van der Waals surface area contributed by atoms with Crippen molar-refractivity contribution in [1.29, 1.82) is 0 Å². The minimum atomic E-state index is -0.221. The van der Waals surface area contributed by atoms with Crippen LogP contribution in [0.5, 0.6) is 0 Å². The monoisotopic (exact) mass is 413 g/mol. The van der Waals surface area contributed by atoms with Crippen molar-refractivity contribution in [2.45, 2.75) is 12.6 Å². The van der Waals surface area contributed by atoms with Crippen LogP contribution in [0, 0.1) is 4.91 Å². The van der Waals surface area contributed by atoms with Crippen molar-refractivity contribution in [2.75, 3.05) is 26.3 Å². The highest BCUT2D eigenvalue weighted by atomic mass is 16.5. The highest BCUT2D eigenvalue weighted by Gasteiger charge is 2.31. The number of ether oxygens (including phenoxy) is 1. The lowest BCUT2D eigenvalue weighted by molar-refractivity contribution is 0.0220. The van der Waals surface area contributed by atoms with Crippen molar-refractivity contribution in [1.82, 2.24) is 19.4 Å². The Morgan fingerprint density at radius 2 is 1.81 bits per heavy atom. The van der Waals surface area contributed by atoms with E-state index in [-0.39, 0.29) is 6.04 Å².